The molecule has 6 nitrogen and oxygen atoms in total. The number of ether oxygens (including phenoxy) is 2. The SMILES string of the molecule is COC(=O)C1CCN(C(=O)COc2cccc3cccnc23)CC1. The lowest BCUT2D eigenvalue weighted by atomic mass is 9.97. The molecule has 1 amide bonds. The molecule has 0 atom stereocenters. The van der Waals surface area contributed by atoms with Crippen LogP contribution in [-0.2, 0) is 14.3 Å². The summed E-state index contributed by atoms with van der Waals surface area (Å²) in [7, 11) is 1.39. The number of rotatable bonds is 4. The van der Waals surface area contributed by atoms with Gasteiger partial charge >= 0.3 is 5.97 Å². The molecule has 1 fully saturated rings. The molecule has 0 aliphatic carbocycles. The molecule has 6 heteroatoms. The Balaban J connectivity index is 1.57. The molecule has 3 rings (SSSR count). The van der Waals surface area contributed by atoms with Crippen molar-refractivity contribution in [1.82, 2.24) is 9.88 Å². The highest BCUT2D eigenvalue weighted by Crippen LogP contribution is 2.23. The van der Waals surface area contributed by atoms with Gasteiger partial charge in [0.2, 0.25) is 0 Å². The normalized spacial score (nSPS) is 15.3. The summed E-state index contributed by atoms with van der Waals surface area (Å²) in [6.07, 6.45) is 2.97. The zero-order valence-corrected chi connectivity index (χ0v) is 13.6. The number of hydrogen-bond donors (Lipinski definition) is 0. The third kappa shape index (κ3) is 3.48. The molecule has 0 bridgehead atoms. The van der Waals surface area contributed by atoms with Gasteiger partial charge in [-0.2, -0.15) is 0 Å². The lowest BCUT2D eigenvalue weighted by Gasteiger charge is -2.30. The van der Waals surface area contributed by atoms with E-state index >= 15 is 0 Å². The van der Waals surface area contributed by atoms with Crippen LogP contribution in [0.2, 0.25) is 0 Å². The van der Waals surface area contributed by atoms with Crippen molar-refractivity contribution < 1.29 is 19.1 Å². The van der Waals surface area contributed by atoms with Gasteiger partial charge in [-0.3, -0.25) is 14.6 Å². The van der Waals surface area contributed by atoms with Crippen molar-refractivity contribution in [2.24, 2.45) is 5.92 Å². The third-order valence-corrected chi connectivity index (χ3v) is 4.33. The summed E-state index contributed by atoms with van der Waals surface area (Å²) < 4.78 is 10.4. The van der Waals surface area contributed by atoms with Gasteiger partial charge in [-0.05, 0) is 25.0 Å². The fourth-order valence-electron chi connectivity index (χ4n) is 2.95. The summed E-state index contributed by atoms with van der Waals surface area (Å²) in [4.78, 5) is 29.9. The van der Waals surface area contributed by atoms with E-state index in [1.54, 1.807) is 11.1 Å². The van der Waals surface area contributed by atoms with Crippen LogP contribution in [-0.4, -0.2) is 48.6 Å². The maximum absolute atomic E-state index is 12.3. The highest BCUT2D eigenvalue weighted by molar-refractivity contribution is 5.85. The van der Waals surface area contributed by atoms with Gasteiger partial charge in [-0.15, -0.1) is 0 Å². The number of likely N-dealkylation sites (tertiary alicyclic amines) is 1. The largest absolute Gasteiger partial charge is 0.481 e. The zero-order valence-electron chi connectivity index (χ0n) is 13.6. The van der Waals surface area contributed by atoms with Crippen molar-refractivity contribution in [3.63, 3.8) is 0 Å². The fraction of sp³-hybridized carbons (Fsp3) is 0.389. The Kier molecular flexibility index (Phi) is 4.93. The van der Waals surface area contributed by atoms with Gasteiger partial charge in [0.15, 0.2) is 6.61 Å². The van der Waals surface area contributed by atoms with Crippen LogP contribution in [0.3, 0.4) is 0 Å². The lowest BCUT2D eigenvalue weighted by Crippen LogP contribution is -2.42. The van der Waals surface area contributed by atoms with Crippen molar-refractivity contribution >= 4 is 22.8 Å². The number of carbonyl (C=O) groups excluding carboxylic acids is 2. The molecule has 1 aliphatic rings. The van der Waals surface area contributed by atoms with Crippen LogP contribution >= 0.6 is 0 Å². The summed E-state index contributed by atoms with van der Waals surface area (Å²) in [6, 6.07) is 9.46. The summed E-state index contributed by atoms with van der Waals surface area (Å²) in [5, 5.41) is 0.973. The minimum atomic E-state index is -0.194. The van der Waals surface area contributed by atoms with E-state index in [2.05, 4.69) is 4.98 Å². The molecule has 1 aliphatic heterocycles. The summed E-state index contributed by atoms with van der Waals surface area (Å²) >= 11 is 0. The molecule has 2 heterocycles. The van der Waals surface area contributed by atoms with Gasteiger partial charge in [-0.1, -0.05) is 18.2 Å². The van der Waals surface area contributed by atoms with Crippen LogP contribution in [0.5, 0.6) is 5.75 Å². The Hall–Kier alpha value is -2.63. The highest BCUT2D eigenvalue weighted by Gasteiger charge is 2.28. The van der Waals surface area contributed by atoms with E-state index < -0.39 is 0 Å². The van der Waals surface area contributed by atoms with Gasteiger partial charge in [0.1, 0.15) is 11.3 Å². The standard InChI is InChI=1S/C18H20N2O4/c1-23-18(22)14-7-10-20(11-8-14)16(21)12-24-15-6-2-4-13-5-3-9-19-17(13)15/h2-6,9,14H,7-8,10-12H2,1H3. The molecule has 0 spiro atoms. The average molecular weight is 328 g/mol. The number of nitrogens with zero attached hydrogens (tertiary/aromatic N) is 2. The highest BCUT2D eigenvalue weighted by atomic mass is 16.5. The molecule has 0 unspecified atom stereocenters. The van der Waals surface area contributed by atoms with Crippen LogP contribution < -0.4 is 4.74 Å². The van der Waals surface area contributed by atoms with Gasteiger partial charge in [0, 0.05) is 24.7 Å². The van der Waals surface area contributed by atoms with Crippen molar-refractivity contribution in [1.29, 1.82) is 0 Å². The van der Waals surface area contributed by atoms with E-state index in [0.717, 1.165) is 10.9 Å². The van der Waals surface area contributed by atoms with E-state index in [0.29, 0.717) is 31.7 Å². The van der Waals surface area contributed by atoms with E-state index in [1.807, 2.05) is 30.3 Å². The van der Waals surface area contributed by atoms with Crippen LogP contribution in [0.4, 0.5) is 0 Å². The number of fused-ring (bicyclic) bond motifs is 1. The number of methoxy groups -OCH3 is 1. The number of amides is 1. The number of benzene rings is 1. The Morgan fingerprint density at radius 2 is 1.96 bits per heavy atom. The first-order valence-electron chi connectivity index (χ1n) is 8.01. The average Bonchev–Trinajstić information content (AvgIpc) is 2.65. The topological polar surface area (TPSA) is 68.7 Å². The second-order valence-electron chi connectivity index (χ2n) is 5.80. The van der Waals surface area contributed by atoms with Crippen molar-refractivity contribution in [3.8, 4) is 5.75 Å². The first-order chi connectivity index (χ1) is 11.7. The van der Waals surface area contributed by atoms with E-state index in [9.17, 15) is 9.59 Å². The predicted molar refractivity (Wildman–Crippen MR) is 88.6 cm³/mol. The minimum absolute atomic E-state index is 0.0292. The van der Waals surface area contributed by atoms with Crippen molar-refractivity contribution in [2.75, 3.05) is 26.8 Å². The maximum Gasteiger partial charge on any atom is 0.308 e. The van der Waals surface area contributed by atoms with Crippen LogP contribution in [0.25, 0.3) is 10.9 Å². The molecule has 1 saturated heterocycles. The van der Waals surface area contributed by atoms with E-state index in [1.165, 1.54) is 7.11 Å². The number of aromatic nitrogens is 1. The fourth-order valence-corrected chi connectivity index (χ4v) is 2.95. The third-order valence-electron chi connectivity index (χ3n) is 4.33. The smallest absolute Gasteiger partial charge is 0.308 e. The Morgan fingerprint density at radius 1 is 1.21 bits per heavy atom. The molecule has 1 aromatic heterocycles. The molecular weight excluding hydrogens is 308 g/mol. The molecule has 2 aromatic rings. The molecule has 0 saturated carbocycles. The van der Waals surface area contributed by atoms with E-state index in [-0.39, 0.29) is 24.4 Å². The molecule has 0 radical (unpaired) electrons. The first kappa shape index (κ1) is 16.2. The summed E-state index contributed by atoms with van der Waals surface area (Å²) in [5.41, 5.74) is 0.747. The lowest BCUT2D eigenvalue weighted by molar-refractivity contribution is -0.149. The summed E-state index contributed by atoms with van der Waals surface area (Å²) in [5.74, 6) is 0.222. The van der Waals surface area contributed by atoms with Gasteiger partial charge < -0.3 is 14.4 Å². The molecule has 1 aromatic carbocycles. The number of piperidine rings is 1. The minimum Gasteiger partial charge on any atom is -0.481 e. The van der Waals surface area contributed by atoms with Gasteiger partial charge in [0.25, 0.3) is 5.91 Å². The number of pyridine rings is 1. The first-order valence-corrected chi connectivity index (χ1v) is 8.01. The molecule has 24 heavy (non-hydrogen) atoms. The number of para-hydroxylation sites is 1. The van der Waals surface area contributed by atoms with Gasteiger partial charge in [0.05, 0.1) is 13.0 Å². The second-order valence-corrected chi connectivity index (χ2v) is 5.80. The second kappa shape index (κ2) is 7.29. The van der Waals surface area contributed by atoms with Gasteiger partial charge in [-0.25, -0.2) is 0 Å². The van der Waals surface area contributed by atoms with E-state index in [4.69, 9.17) is 9.47 Å². The number of carbonyl (C=O) groups is 2. The summed E-state index contributed by atoms with van der Waals surface area (Å²) in [6.45, 7) is 1.07. The predicted octanol–water partition coefficient (Wildman–Crippen LogP) is 2.03. The Morgan fingerprint density at radius 3 is 2.71 bits per heavy atom. The zero-order chi connectivity index (χ0) is 16.9. The molecular formula is C18H20N2O4. The van der Waals surface area contributed by atoms with Crippen LogP contribution in [0, 0.1) is 5.92 Å². The monoisotopic (exact) mass is 328 g/mol. The number of hydrogen-bond acceptors (Lipinski definition) is 5. The Labute approximate surface area is 140 Å². The number of esters is 1. The Bertz CT molecular complexity index is 733. The van der Waals surface area contributed by atoms with Crippen molar-refractivity contribution in [2.45, 2.75) is 12.8 Å². The maximum atomic E-state index is 12.3. The van der Waals surface area contributed by atoms with Crippen LogP contribution in [0.1, 0.15) is 12.8 Å². The van der Waals surface area contributed by atoms with Crippen molar-refractivity contribution in [3.05, 3.63) is 36.5 Å². The molecule has 0 N–H and O–H groups in total. The molecule has 126 valence electrons. The quantitative estimate of drug-likeness (QED) is 0.803. The van der Waals surface area contributed by atoms with Crippen LogP contribution in [0.15, 0.2) is 36.5 Å².